The highest BCUT2D eigenvalue weighted by molar-refractivity contribution is 7.99. The third-order valence-corrected chi connectivity index (χ3v) is 6.00. The monoisotopic (exact) mass is 470 g/mol. The summed E-state index contributed by atoms with van der Waals surface area (Å²) < 4.78 is 7.86. The largest absolute Gasteiger partial charge is 0.493 e. The van der Waals surface area contributed by atoms with Gasteiger partial charge in [0.25, 0.3) is 0 Å². The molecule has 0 saturated heterocycles. The van der Waals surface area contributed by atoms with E-state index < -0.39 is 0 Å². The molecule has 1 N–H and O–H groups in total. The summed E-state index contributed by atoms with van der Waals surface area (Å²) in [5.74, 6) is 1.86. The predicted molar refractivity (Wildman–Crippen MR) is 131 cm³/mol. The molecule has 0 bridgehead atoms. The summed E-state index contributed by atoms with van der Waals surface area (Å²) in [4.78, 5) is 12.4. The van der Waals surface area contributed by atoms with Crippen molar-refractivity contribution in [3.8, 4) is 5.75 Å². The van der Waals surface area contributed by atoms with Gasteiger partial charge in [0.05, 0.1) is 12.4 Å². The Labute approximate surface area is 198 Å². The molecule has 0 unspecified atom stereocenters. The second-order valence-electron chi connectivity index (χ2n) is 7.31. The first kappa shape index (κ1) is 23.9. The van der Waals surface area contributed by atoms with Crippen LogP contribution in [0.5, 0.6) is 5.75 Å². The average molecular weight is 471 g/mol. The Kier molecular flexibility index (Phi) is 8.76. The van der Waals surface area contributed by atoms with Gasteiger partial charge in [-0.3, -0.25) is 4.79 Å². The third-order valence-electron chi connectivity index (χ3n) is 4.80. The van der Waals surface area contributed by atoms with Gasteiger partial charge < -0.3 is 14.6 Å². The number of aromatic nitrogens is 3. The van der Waals surface area contributed by atoms with Crippen molar-refractivity contribution in [2.45, 2.75) is 38.4 Å². The number of aryl methyl sites for hydroxylation is 3. The minimum atomic E-state index is -0.0780. The van der Waals surface area contributed by atoms with Gasteiger partial charge in [-0.2, -0.15) is 0 Å². The molecule has 0 spiro atoms. The molecule has 32 heavy (non-hydrogen) atoms. The van der Waals surface area contributed by atoms with Crippen LogP contribution in [-0.4, -0.2) is 33.0 Å². The zero-order chi connectivity index (χ0) is 22.9. The molecular weight excluding hydrogens is 444 g/mol. The van der Waals surface area contributed by atoms with Crippen LogP contribution in [0.3, 0.4) is 0 Å². The maximum Gasteiger partial charge on any atom is 0.234 e. The fourth-order valence-electron chi connectivity index (χ4n) is 3.14. The number of carbonyl (C=O) groups is 1. The normalized spacial score (nSPS) is 10.7. The molecule has 3 aromatic rings. The quantitative estimate of drug-likeness (QED) is 0.228. The van der Waals surface area contributed by atoms with Crippen LogP contribution in [0.15, 0.2) is 60.3 Å². The fourth-order valence-corrected chi connectivity index (χ4v) is 4.13. The SMILES string of the molecule is C=CCn1c(CCCOc2ccc(Cl)cc2C)nnc1SCC(=O)Nc1ccccc1C. The lowest BCUT2D eigenvalue weighted by Gasteiger charge is -2.10. The highest BCUT2D eigenvalue weighted by Crippen LogP contribution is 2.23. The van der Waals surface area contributed by atoms with Gasteiger partial charge in [-0.15, -0.1) is 16.8 Å². The van der Waals surface area contributed by atoms with Crippen LogP contribution in [0.1, 0.15) is 23.4 Å². The summed E-state index contributed by atoms with van der Waals surface area (Å²) in [6.07, 6.45) is 3.30. The molecule has 8 heteroatoms. The molecule has 0 atom stereocenters. The number of nitrogens with zero attached hydrogens (tertiary/aromatic N) is 3. The Morgan fingerprint density at radius 1 is 1.22 bits per heavy atom. The number of thioether (sulfide) groups is 1. The number of carbonyl (C=O) groups excluding carboxylic acids is 1. The van der Waals surface area contributed by atoms with E-state index in [0.717, 1.165) is 34.8 Å². The minimum absolute atomic E-state index is 0.0780. The van der Waals surface area contributed by atoms with Crippen LogP contribution in [0.4, 0.5) is 5.69 Å². The van der Waals surface area contributed by atoms with E-state index in [1.807, 2.05) is 60.9 Å². The maximum atomic E-state index is 12.4. The van der Waals surface area contributed by atoms with Gasteiger partial charge in [-0.1, -0.05) is 47.6 Å². The smallest absolute Gasteiger partial charge is 0.234 e. The van der Waals surface area contributed by atoms with Crippen LogP contribution in [-0.2, 0) is 17.8 Å². The van der Waals surface area contributed by atoms with Gasteiger partial charge in [0.15, 0.2) is 5.16 Å². The van der Waals surface area contributed by atoms with E-state index in [4.69, 9.17) is 16.3 Å². The molecule has 0 saturated carbocycles. The summed E-state index contributed by atoms with van der Waals surface area (Å²) in [6.45, 7) is 8.91. The standard InChI is InChI=1S/C24H27ClN4O2S/c1-4-13-29-22(10-7-14-31-21-12-11-19(25)15-18(21)3)27-28-24(29)32-16-23(30)26-20-9-6-5-8-17(20)2/h4-6,8-9,11-12,15H,1,7,10,13-14,16H2,2-3H3,(H,26,30). The minimum Gasteiger partial charge on any atom is -0.493 e. The lowest BCUT2D eigenvalue weighted by molar-refractivity contribution is -0.113. The van der Waals surface area contributed by atoms with Crippen molar-refractivity contribution in [2.24, 2.45) is 0 Å². The van der Waals surface area contributed by atoms with Gasteiger partial charge in [0.1, 0.15) is 11.6 Å². The van der Waals surface area contributed by atoms with Crippen LogP contribution >= 0.6 is 23.4 Å². The molecular formula is C24H27ClN4O2S. The number of rotatable bonds is 11. The molecule has 1 amide bonds. The second-order valence-corrected chi connectivity index (χ2v) is 8.69. The highest BCUT2D eigenvalue weighted by Gasteiger charge is 2.14. The first-order chi connectivity index (χ1) is 15.5. The second kappa shape index (κ2) is 11.7. The van der Waals surface area contributed by atoms with E-state index in [9.17, 15) is 4.79 Å². The number of para-hydroxylation sites is 1. The molecule has 168 valence electrons. The van der Waals surface area contributed by atoms with E-state index >= 15 is 0 Å². The summed E-state index contributed by atoms with van der Waals surface area (Å²) in [6, 6.07) is 13.3. The van der Waals surface area contributed by atoms with Crippen molar-refractivity contribution in [3.63, 3.8) is 0 Å². The molecule has 2 aromatic carbocycles. The number of hydrogen-bond donors (Lipinski definition) is 1. The Morgan fingerprint density at radius 2 is 2.03 bits per heavy atom. The summed E-state index contributed by atoms with van der Waals surface area (Å²) in [7, 11) is 0. The Balaban J connectivity index is 1.53. The van der Waals surface area contributed by atoms with Gasteiger partial charge in [0.2, 0.25) is 5.91 Å². The van der Waals surface area contributed by atoms with Crippen molar-refractivity contribution < 1.29 is 9.53 Å². The molecule has 0 aliphatic rings. The molecule has 3 rings (SSSR count). The third kappa shape index (κ3) is 6.61. The van der Waals surface area contributed by atoms with E-state index in [-0.39, 0.29) is 11.7 Å². The first-order valence-corrected chi connectivity index (χ1v) is 11.7. The summed E-state index contributed by atoms with van der Waals surface area (Å²) in [5.41, 5.74) is 2.86. The molecule has 1 aromatic heterocycles. The van der Waals surface area contributed by atoms with Crippen LogP contribution in [0, 0.1) is 13.8 Å². The topological polar surface area (TPSA) is 69.0 Å². The zero-order valence-corrected chi connectivity index (χ0v) is 19.9. The lowest BCUT2D eigenvalue weighted by atomic mass is 10.2. The number of benzene rings is 2. The number of hydrogen-bond acceptors (Lipinski definition) is 5. The summed E-state index contributed by atoms with van der Waals surface area (Å²) >= 11 is 7.36. The predicted octanol–water partition coefficient (Wildman–Crippen LogP) is 5.48. The molecule has 0 fully saturated rings. The molecule has 0 aliphatic carbocycles. The summed E-state index contributed by atoms with van der Waals surface area (Å²) in [5, 5.41) is 13.0. The van der Waals surface area contributed by atoms with Crippen LogP contribution < -0.4 is 10.1 Å². The number of nitrogens with one attached hydrogen (secondary N) is 1. The first-order valence-electron chi connectivity index (χ1n) is 10.4. The number of anilines is 1. The van der Waals surface area contributed by atoms with Crippen molar-refractivity contribution in [3.05, 3.63) is 77.1 Å². The number of allylic oxidation sites excluding steroid dienone is 1. The molecule has 0 radical (unpaired) electrons. The molecule has 1 heterocycles. The Hall–Kier alpha value is -2.77. The van der Waals surface area contributed by atoms with Gasteiger partial charge >= 0.3 is 0 Å². The van der Waals surface area contributed by atoms with Crippen molar-refractivity contribution in [2.75, 3.05) is 17.7 Å². The Morgan fingerprint density at radius 3 is 2.78 bits per heavy atom. The molecule has 0 aliphatic heterocycles. The fraction of sp³-hybridized carbons (Fsp3) is 0.292. The van der Waals surface area contributed by atoms with Gasteiger partial charge in [-0.05, 0) is 55.7 Å². The van der Waals surface area contributed by atoms with Crippen molar-refractivity contribution >= 4 is 35.0 Å². The highest BCUT2D eigenvalue weighted by atomic mass is 35.5. The van der Waals surface area contributed by atoms with Crippen LogP contribution in [0.2, 0.25) is 5.02 Å². The zero-order valence-electron chi connectivity index (χ0n) is 18.3. The van der Waals surface area contributed by atoms with E-state index in [1.54, 1.807) is 6.08 Å². The number of halogens is 1. The number of amides is 1. The Bertz CT molecular complexity index is 1080. The molecule has 6 nitrogen and oxygen atoms in total. The van der Waals surface area contributed by atoms with Crippen molar-refractivity contribution in [1.29, 1.82) is 0 Å². The van der Waals surface area contributed by atoms with Crippen LogP contribution in [0.25, 0.3) is 0 Å². The average Bonchev–Trinajstić information content (AvgIpc) is 3.14. The van der Waals surface area contributed by atoms with Gasteiger partial charge in [-0.25, -0.2) is 0 Å². The number of ether oxygens (including phenoxy) is 1. The van der Waals surface area contributed by atoms with E-state index in [0.29, 0.717) is 29.8 Å². The maximum absolute atomic E-state index is 12.4. The van der Waals surface area contributed by atoms with E-state index in [2.05, 4.69) is 22.1 Å². The van der Waals surface area contributed by atoms with Crippen molar-refractivity contribution in [1.82, 2.24) is 14.8 Å². The van der Waals surface area contributed by atoms with Gasteiger partial charge in [0, 0.05) is 23.7 Å². The lowest BCUT2D eigenvalue weighted by Crippen LogP contribution is -2.15. The van der Waals surface area contributed by atoms with E-state index in [1.165, 1.54) is 11.8 Å².